The van der Waals surface area contributed by atoms with E-state index < -0.39 is 0 Å². The van der Waals surface area contributed by atoms with E-state index in [1.807, 2.05) is 6.07 Å². The molecule has 19 heavy (non-hydrogen) atoms. The van der Waals surface area contributed by atoms with Crippen molar-refractivity contribution in [2.75, 3.05) is 19.6 Å². The van der Waals surface area contributed by atoms with Gasteiger partial charge in [0, 0.05) is 30.7 Å². The molecule has 2 fully saturated rings. The van der Waals surface area contributed by atoms with Crippen molar-refractivity contribution in [2.45, 2.75) is 31.2 Å². The molecule has 0 aromatic heterocycles. The van der Waals surface area contributed by atoms with Crippen LogP contribution in [0.2, 0.25) is 0 Å². The second-order valence-electron chi connectivity index (χ2n) is 5.89. The summed E-state index contributed by atoms with van der Waals surface area (Å²) >= 11 is 0. The van der Waals surface area contributed by atoms with Crippen molar-refractivity contribution >= 4 is 5.69 Å². The molecular weight excluding hydrogens is 238 g/mol. The van der Waals surface area contributed by atoms with Crippen LogP contribution in [0.3, 0.4) is 0 Å². The highest BCUT2D eigenvalue weighted by molar-refractivity contribution is 5.32. The number of likely N-dealkylation sites (tertiary alicyclic amines) is 1. The molecular formula is C15H19N3O. The maximum atomic E-state index is 10.3. The van der Waals surface area contributed by atoms with Gasteiger partial charge in [0.1, 0.15) is 0 Å². The molecule has 1 aliphatic heterocycles. The van der Waals surface area contributed by atoms with E-state index in [2.05, 4.69) is 22.2 Å². The van der Waals surface area contributed by atoms with E-state index in [1.165, 1.54) is 19.3 Å². The van der Waals surface area contributed by atoms with Crippen molar-refractivity contribution < 1.29 is 0 Å². The minimum Gasteiger partial charge on any atom is -0.324 e. The van der Waals surface area contributed by atoms with Crippen molar-refractivity contribution in [3.63, 3.8) is 0 Å². The predicted molar refractivity (Wildman–Crippen MR) is 74.0 cm³/mol. The molecule has 0 amide bonds. The number of fused-ring (bicyclic) bond motifs is 1. The van der Waals surface area contributed by atoms with Crippen LogP contribution in [0.5, 0.6) is 0 Å². The Hall–Kier alpha value is -1.44. The molecule has 1 heterocycles. The highest BCUT2D eigenvalue weighted by Crippen LogP contribution is 2.39. The highest BCUT2D eigenvalue weighted by atomic mass is 16.3. The van der Waals surface area contributed by atoms with Crippen molar-refractivity contribution in [3.05, 3.63) is 34.7 Å². The average Bonchev–Trinajstić information content (AvgIpc) is 2.91. The van der Waals surface area contributed by atoms with Gasteiger partial charge in [-0.1, -0.05) is 12.5 Å². The van der Waals surface area contributed by atoms with Crippen molar-refractivity contribution in [1.82, 2.24) is 4.90 Å². The van der Waals surface area contributed by atoms with Gasteiger partial charge in [0.05, 0.1) is 0 Å². The minimum absolute atomic E-state index is 0.0706. The van der Waals surface area contributed by atoms with Gasteiger partial charge in [-0.05, 0) is 48.6 Å². The standard InChI is InChI=1S/C15H19N3O/c16-15-8-1-2-13(15)10-18(11-15)9-7-12-3-5-14(17-19)6-4-12/h3,5,13H,1-2,7-11,16H2/t13-,15-/m0/s1. The number of nitroso groups, excluding NO2 is 1. The van der Waals surface area contributed by atoms with Gasteiger partial charge in [0.25, 0.3) is 0 Å². The van der Waals surface area contributed by atoms with Gasteiger partial charge in [0.15, 0.2) is 5.69 Å². The molecule has 1 aliphatic carbocycles. The summed E-state index contributed by atoms with van der Waals surface area (Å²) < 4.78 is 0. The normalized spacial score (nSPS) is 30.1. The zero-order valence-corrected chi connectivity index (χ0v) is 11.1. The first-order valence-electron chi connectivity index (χ1n) is 6.97. The van der Waals surface area contributed by atoms with E-state index in [0.29, 0.717) is 11.6 Å². The highest BCUT2D eigenvalue weighted by Gasteiger charge is 2.46. The fraction of sp³-hybridized carbons (Fsp3) is 0.600. The van der Waals surface area contributed by atoms with E-state index >= 15 is 0 Å². The lowest BCUT2D eigenvalue weighted by molar-refractivity contribution is 0.306. The fourth-order valence-electron chi connectivity index (χ4n) is 3.50. The molecule has 1 aromatic rings. The molecule has 1 aromatic carbocycles. The van der Waals surface area contributed by atoms with Crippen LogP contribution >= 0.6 is 0 Å². The summed E-state index contributed by atoms with van der Waals surface area (Å²) in [5, 5.41) is 2.83. The number of nitrogens with zero attached hydrogens (tertiary/aromatic N) is 2. The maximum absolute atomic E-state index is 10.3. The van der Waals surface area contributed by atoms with E-state index in [-0.39, 0.29) is 5.54 Å². The van der Waals surface area contributed by atoms with Gasteiger partial charge in [-0.3, -0.25) is 0 Å². The van der Waals surface area contributed by atoms with Gasteiger partial charge in [-0.25, -0.2) is 0 Å². The largest absolute Gasteiger partial charge is 0.324 e. The molecule has 0 unspecified atom stereocenters. The first-order chi connectivity index (χ1) is 9.19. The molecule has 0 spiro atoms. The van der Waals surface area contributed by atoms with E-state index in [4.69, 9.17) is 5.73 Å². The van der Waals surface area contributed by atoms with Crippen molar-refractivity contribution in [1.29, 1.82) is 0 Å². The predicted octanol–water partition coefficient (Wildman–Crippen LogP) is 2.04. The van der Waals surface area contributed by atoms with Crippen LogP contribution in [0, 0.1) is 23.0 Å². The summed E-state index contributed by atoms with van der Waals surface area (Å²) in [6, 6.07) is 9.36. The van der Waals surface area contributed by atoms with Gasteiger partial charge < -0.3 is 10.6 Å². The summed E-state index contributed by atoms with van der Waals surface area (Å²) in [4.78, 5) is 12.8. The lowest BCUT2D eigenvalue weighted by Gasteiger charge is -2.23. The number of nitrogens with two attached hydrogens (primary N) is 1. The Kier molecular flexibility index (Phi) is 3.26. The summed E-state index contributed by atoms with van der Waals surface area (Å²) in [6.45, 7) is 3.16. The summed E-state index contributed by atoms with van der Waals surface area (Å²) in [7, 11) is 0. The molecule has 0 radical (unpaired) electrons. The van der Waals surface area contributed by atoms with Gasteiger partial charge >= 0.3 is 0 Å². The second kappa shape index (κ2) is 4.92. The van der Waals surface area contributed by atoms with Crippen LogP contribution in [0.1, 0.15) is 24.8 Å². The van der Waals surface area contributed by atoms with Gasteiger partial charge in [-0.2, -0.15) is 0 Å². The molecule has 4 heteroatoms. The van der Waals surface area contributed by atoms with E-state index in [0.717, 1.165) is 31.6 Å². The van der Waals surface area contributed by atoms with Crippen LogP contribution in [0.25, 0.3) is 0 Å². The van der Waals surface area contributed by atoms with Crippen LogP contribution in [0.4, 0.5) is 5.69 Å². The summed E-state index contributed by atoms with van der Waals surface area (Å²) in [6.07, 6.45) is 4.68. The Bertz CT molecular complexity index is 459. The van der Waals surface area contributed by atoms with Crippen LogP contribution in [-0.2, 0) is 6.42 Å². The zero-order valence-electron chi connectivity index (χ0n) is 11.1. The number of rotatable bonds is 4. The molecule has 100 valence electrons. The van der Waals surface area contributed by atoms with Gasteiger partial charge in [0.2, 0.25) is 0 Å². The second-order valence-corrected chi connectivity index (χ2v) is 5.89. The smallest absolute Gasteiger partial charge is 0.158 e. The molecule has 1 saturated heterocycles. The monoisotopic (exact) mass is 257 g/mol. The number of hydrogen-bond donors (Lipinski definition) is 1. The third-order valence-corrected chi connectivity index (χ3v) is 4.59. The third kappa shape index (κ3) is 2.49. The van der Waals surface area contributed by atoms with E-state index in [9.17, 15) is 4.91 Å². The molecule has 2 aliphatic rings. The Morgan fingerprint density at radius 3 is 3.05 bits per heavy atom. The SMILES string of the molecule is N[C@]12CCC[C@H]1CN(CCc1c#cc(N=O)cc1)C2. The minimum atomic E-state index is 0.0706. The molecule has 0 bridgehead atoms. The maximum Gasteiger partial charge on any atom is 0.158 e. The molecule has 4 nitrogen and oxygen atoms in total. The van der Waals surface area contributed by atoms with Crippen LogP contribution < -0.4 is 5.73 Å². The first kappa shape index (κ1) is 12.6. The molecule has 3 rings (SSSR count). The van der Waals surface area contributed by atoms with Crippen molar-refractivity contribution in [2.24, 2.45) is 16.8 Å². The molecule has 2 N–H and O–H groups in total. The average molecular weight is 257 g/mol. The number of hydrogen-bond acceptors (Lipinski definition) is 4. The summed E-state index contributed by atoms with van der Waals surface area (Å²) in [5.41, 5.74) is 7.93. The summed E-state index contributed by atoms with van der Waals surface area (Å²) in [5.74, 6) is 0.685. The topological polar surface area (TPSA) is 58.7 Å². The molecule has 1 saturated carbocycles. The Morgan fingerprint density at radius 2 is 2.37 bits per heavy atom. The van der Waals surface area contributed by atoms with Gasteiger partial charge in [-0.15, -0.1) is 4.91 Å². The van der Waals surface area contributed by atoms with Crippen molar-refractivity contribution in [3.8, 4) is 0 Å². The fourth-order valence-corrected chi connectivity index (χ4v) is 3.50. The Labute approximate surface area is 113 Å². The molecule has 2 atom stereocenters. The van der Waals surface area contributed by atoms with Crippen LogP contribution in [-0.4, -0.2) is 30.1 Å². The van der Waals surface area contributed by atoms with E-state index in [1.54, 1.807) is 6.07 Å². The third-order valence-electron chi connectivity index (χ3n) is 4.59. The van der Waals surface area contributed by atoms with Crippen LogP contribution in [0.15, 0.2) is 17.3 Å². The zero-order chi connectivity index (χ0) is 13.3. The Morgan fingerprint density at radius 1 is 1.47 bits per heavy atom. The quantitative estimate of drug-likeness (QED) is 0.840. The first-order valence-corrected chi connectivity index (χ1v) is 6.97. The lowest BCUT2D eigenvalue weighted by Crippen LogP contribution is -2.44. The Balaban J connectivity index is 1.54. The lowest BCUT2D eigenvalue weighted by atomic mass is 9.92.